The quantitative estimate of drug-likeness (QED) is 0.898. The molecule has 2 aromatic rings. The van der Waals surface area contributed by atoms with Crippen LogP contribution in [0.4, 0.5) is 5.82 Å². The van der Waals surface area contributed by atoms with Gasteiger partial charge in [0.05, 0.1) is 29.2 Å². The molecule has 136 valence electrons. The first-order valence-electron chi connectivity index (χ1n) is 8.97. The predicted octanol–water partition coefficient (Wildman–Crippen LogP) is 2.75. The summed E-state index contributed by atoms with van der Waals surface area (Å²) in [6.07, 6.45) is 5.68. The van der Waals surface area contributed by atoms with Crippen LogP contribution >= 0.6 is 11.6 Å². The van der Waals surface area contributed by atoms with Crippen molar-refractivity contribution in [1.29, 1.82) is 0 Å². The molecule has 0 atom stereocenters. The number of nitrogens with zero attached hydrogens (tertiary/aromatic N) is 5. The molecule has 0 spiro atoms. The molecule has 4 rings (SSSR count). The van der Waals surface area contributed by atoms with Gasteiger partial charge in [-0.3, -0.25) is 9.98 Å². The Morgan fingerprint density at radius 2 is 2.00 bits per heavy atom. The Morgan fingerprint density at radius 1 is 1.23 bits per heavy atom. The number of pyridine rings is 1. The number of hydrogen-bond donors (Lipinski definition) is 1. The zero-order valence-electron chi connectivity index (χ0n) is 15.2. The van der Waals surface area contributed by atoms with Gasteiger partial charge < -0.3 is 10.6 Å². The molecule has 1 saturated heterocycles. The molecule has 0 radical (unpaired) electrons. The molecule has 0 amide bonds. The van der Waals surface area contributed by atoms with E-state index in [1.54, 1.807) is 6.20 Å². The Kier molecular flexibility index (Phi) is 4.40. The number of fused-ring (bicyclic) bond motifs is 1. The number of aliphatic imine (C=N–C) groups is 1. The molecule has 1 fully saturated rings. The Hall–Kier alpha value is -2.05. The highest BCUT2D eigenvalue weighted by Crippen LogP contribution is 2.32. The second-order valence-electron chi connectivity index (χ2n) is 7.50. The van der Waals surface area contributed by atoms with Crippen LogP contribution in [0.2, 0.25) is 5.02 Å². The molecular weight excluding hydrogens is 348 g/mol. The average Bonchev–Trinajstić information content (AvgIpc) is 3.07. The number of nitrogens with two attached hydrogens (primary N) is 1. The molecule has 6 nitrogen and oxygen atoms in total. The predicted molar refractivity (Wildman–Crippen MR) is 104 cm³/mol. The largest absolute Gasteiger partial charge is 0.355 e. The lowest BCUT2D eigenvalue weighted by Crippen LogP contribution is -2.42. The minimum Gasteiger partial charge on any atom is -0.355 e. The van der Waals surface area contributed by atoms with Crippen LogP contribution in [0, 0.1) is 12.3 Å². The van der Waals surface area contributed by atoms with Crippen molar-refractivity contribution in [3.63, 3.8) is 0 Å². The van der Waals surface area contributed by atoms with Gasteiger partial charge in [-0.05, 0) is 37.8 Å². The number of aryl methyl sites for hydroxylation is 1. The number of piperidine rings is 1. The van der Waals surface area contributed by atoms with Crippen molar-refractivity contribution in [1.82, 2.24) is 15.0 Å². The van der Waals surface area contributed by atoms with Crippen LogP contribution in [-0.2, 0) is 6.54 Å². The van der Waals surface area contributed by atoms with E-state index in [0.717, 1.165) is 66.7 Å². The van der Waals surface area contributed by atoms with Crippen molar-refractivity contribution in [2.75, 3.05) is 24.5 Å². The number of halogens is 1. The maximum Gasteiger partial charge on any atom is 0.147 e. The van der Waals surface area contributed by atoms with Gasteiger partial charge in [0.15, 0.2) is 0 Å². The summed E-state index contributed by atoms with van der Waals surface area (Å²) >= 11 is 6.33. The van der Waals surface area contributed by atoms with Crippen LogP contribution in [0.25, 0.3) is 0 Å². The molecule has 0 saturated carbocycles. The Balaban J connectivity index is 1.58. The van der Waals surface area contributed by atoms with Crippen LogP contribution in [0.1, 0.15) is 42.4 Å². The SMILES string of the molecule is Cc1cc(C2=NCc3nc(N4CCC(C)(CN)CC4)cnc32)c(Cl)cn1. The van der Waals surface area contributed by atoms with E-state index in [4.69, 9.17) is 22.3 Å². The molecule has 0 unspecified atom stereocenters. The van der Waals surface area contributed by atoms with Gasteiger partial charge in [-0.15, -0.1) is 0 Å². The number of hydrogen-bond acceptors (Lipinski definition) is 6. The molecule has 26 heavy (non-hydrogen) atoms. The smallest absolute Gasteiger partial charge is 0.147 e. The van der Waals surface area contributed by atoms with Gasteiger partial charge in [-0.1, -0.05) is 18.5 Å². The summed E-state index contributed by atoms with van der Waals surface area (Å²) in [5.41, 5.74) is 10.5. The van der Waals surface area contributed by atoms with E-state index in [-0.39, 0.29) is 5.41 Å². The summed E-state index contributed by atoms with van der Waals surface area (Å²) in [5, 5.41) is 0.588. The normalized spacial score (nSPS) is 18.6. The molecule has 0 aliphatic carbocycles. The first-order chi connectivity index (χ1) is 12.5. The van der Waals surface area contributed by atoms with E-state index in [1.807, 2.05) is 19.2 Å². The molecule has 2 aromatic heterocycles. The second kappa shape index (κ2) is 6.59. The van der Waals surface area contributed by atoms with E-state index in [9.17, 15) is 0 Å². The fraction of sp³-hybridized carbons (Fsp3) is 0.474. The zero-order valence-corrected chi connectivity index (χ0v) is 15.9. The van der Waals surface area contributed by atoms with Crippen molar-refractivity contribution < 1.29 is 0 Å². The molecule has 2 N–H and O–H groups in total. The summed E-state index contributed by atoms with van der Waals surface area (Å²) in [6, 6.07) is 1.95. The maximum absolute atomic E-state index is 6.33. The standard InChI is InChI=1S/C19H23ClN6/c1-12-7-13(14(20)8-22-12)17-18-15(9-23-17)25-16(10-24-18)26-5-3-19(2,11-21)4-6-26/h7-8,10H,3-6,9,11,21H2,1-2H3. The second-order valence-corrected chi connectivity index (χ2v) is 7.90. The average molecular weight is 371 g/mol. The fourth-order valence-electron chi connectivity index (χ4n) is 3.52. The summed E-state index contributed by atoms with van der Waals surface area (Å²) in [5.74, 6) is 0.927. The maximum atomic E-state index is 6.33. The van der Waals surface area contributed by atoms with Crippen molar-refractivity contribution in [2.24, 2.45) is 16.1 Å². The highest BCUT2D eigenvalue weighted by atomic mass is 35.5. The summed E-state index contributed by atoms with van der Waals surface area (Å²) in [6.45, 7) is 7.40. The summed E-state index contributed by atoms with van der Waals surface area (Å²) < 4.78 is 0. The molecule has 7 heteroatoms. The van der Waals surface area contributed by atoms with Gasteiger partial charge in [-0.25, -0.2) is 9.97 Å². The minimum absolute atomic E-state index is 0.243. The third-order valence-electron chi connectivity index (χ3n) is 5.48. The van der Waals surface area contributed by atoms with Gasteiger partial charge in [-0.2, -0.15) is 0 Å². The minimum atomic E-state index is 0.243. The third-order valence-corrected chi connectivity index (χ3v) is 5.78. The van der Waals surface area contributed by atoms with Crippen molar-refractivity contribution in [3.05, 3.63) is 46.1 Å². The van der Waals surface area contributed by atoms with Crippen LogP contribution in [0.3, 0.4) is 0 Å². The summed E-state index contributed by atoms with van der Waals surface area (Å²) in [4.78, 5) is 20.7. The number of anilines is 1. The van der Waals surface area contributed by atoms with Crippen molar-refractivity contribution in [3.8, 4) is 0 Å². The molecular formula is C19H23ClN6. The van der Waals surface area contributed by atoms with Crippen LogP contribution in [-0.4, -0.2) is 40.3 Å². The Morgan fingerprint density at radius 3 is 2.73 bits per heavy atom. The van der Waals surface area contributed by atoms with Gasteiger partial charge in [0.2, 0.25) is 0 Å². The van der Waals surface area contributed by atoms with E-state index in [2.05, 4.69) is 26.8 Å². The van der Waals surface area contributed by atoms with Crippen molar-refractivity contribution in [2.45, 2.75) is 33.2 Å². The first kappa shape index (κ1) is 17.4. The number of aromatic nitrogens is 3. The van der Waals surface area contributed by atoms with Gasteiger partial charge >= 0.3 is 0 Å². The van der Waals surface area contributed by atoms with Crippen LogP contribution in [0.5, 0.6) is 0 Å². The fourth-order valence-corrected chi connectivity index (χ4v) is 3.72. The topological polar surface area (TPSA) is 80.3 Å². The van der Waals surface area contributed by atoms with Gasteiger partial charge in [0.25, 0.3) is 0 Å². The van der Waals surface area contributed by atoms with Crippen molar-refractivity contribution >= 4 is 23.1 Å². The van der Waals surface area contributed by atoms with E-state index in [0.29, 0.717) is 11.6 Å². The Bertz CT molecular complexity index is 870. The highest BCUT2D eigenvalue weighted by molar-refractivity contribution is 6.35. The number of rotatable bonds is 3. The molecule has 0 bridgehead atoms. The van der Waals surface area contributed by atoms with Gasteiger partial charge in [0.1, 0.15) is 11.5 Å². The lowest BCUT2D eigenvalue weighted by molar-refractivity contribution is 0.258. The van der Waals surface area contributed by atoms with E-state index in [1.165, 1.54) is 0 Å². The third kappa shape index (κ3) is 3.08. The van der Waals surface area contributed by atoms with Gasteiger partial charge in [0, 0.05) is 30.5 Å². The monoisotopic (exact) mass is 370 g/mol. The van der Waals surface area contributed by atoms with Crippen LogP contribution in [0.15, 0.2) is 23.5 Å². The summed E-state index contributed by atoms with van der Waals surface area (Å²) in [7, 11) is 0. The zero-order chi connectivity index (χ0) is 18.3. The molecule has 2 aliphatic rings. The lowest BCUT2D eigenvalue weighted by atomic mass is 9.80. The molecule has 4 heterocycles. The lowest BCUT2D eigenvalue weighted by Gasteiger charge is -2.39. The van der Waals surface area contributed by atoms with E-state index < -0.39 is 0 Å². The van der Waals surface area contributed by atoms with Crippen LogP contribution < -0.4 is 10.6 Å². The molecule has 0 aromatic carbocycles. The highest BCUT2D eigenvalue weighted by Gasteiger charge is 2.30. The molecule has 2 aliphatic heterocycles. The Labute approximate surface area is 158 Å². The van der Waals surface area contributed by atoms with E-state index >= 15 is 0 Å². The first-order valence-corrected chi connectivity index (χ1v) is 9.35.